The summed E-state index contributed by atoms with van der Waals surface area (Å²) in [6.07, 6.45) is 1.81. The fraction of sp³-hybridized carbons (Fsp3) is 0.364. The summed E-state index contributed by atoms with van der Waals surface area (Å²) in [5.41, 5.74) is 6.43. The lowest BCUT2D eigenvalue weighted by molar-refractivity contribution is 0.230. The molecule has 0 aliphatic rings. The first-order valence-electron chi connectivity index (χ1n) is 5.58. The van der Waals surface area contributed by atoms with E-state index in [1.54, 1.807) is 6.20 Å². The molecule has 0 aromatic carbocycles. The molecular weight excluding hydrogens is 250 g/mol. The number of hydrogen-bond acceptors (Lipinski definition) is 7. The van der Waals surface area contributed by atoms with Crippen LogP contribution in [0.1, 0.15) is 19.4 Å². The molecule has 18 heavy (non-hydrogen) atoms. The zero-order chi connectivity index (χ0) is 13.0. The van der Waals surface area contributed by atoms with E-state index in [0.717, 1.165) is 5.56 Å². The zero-order valence-electron chi connectivity index (χ0n) is 10.3. The van der Waals surface area contributed by atoms with Gasteiger partial charge in [0.15, 0.2) is 0 Å². The van der Waals surface area contributed by atoms with Crippen molar-refractivity contribution in [1.29, 1.82) is 0 Å². The van der Waals surface area contributed by atoms with E-state index in [0.29, 0.717) is 17.6 Å². The molecule has 0 atom stereocenters. The van der Waals surface area contributed by atoms with Crippen molar-refractivity contribution in [3.63, 3.8) is 0 Å². The third kappa shape index (κ3) is 3.30. The number of nitrogens with two attached hydrogens (primary N) is 1. The molecule has 96 valence electrons. The maximum atomic E-state index is 5.63. The molecule has 0 amide bonds. The van der Waals surface area contributed by atoms with Gasteiger partial charge in [-0.15, -0.1) is 0 Å². The Kier molecular flexibility index (Phi) is 3.93. The third-order valence-electron chi connectivity index (χ3n) is 2.07. The monoisotopic (exact) mass is 265 g/mol. The second-order valence-corrected chi connectivity index (χ2v) is 4.70. The van der Waals surface area contributed by atoms with Crippen molar-refractivity contribution in [3.8, 4) is 5.88 Å². The highest BCUT2D eigenvalue weighted by molar-refractivity contribution is 7.09. The second-order valence-electron chi connectivity index (χ2n) is 3.95. The van der Waals surface area contributed by atoms with Gasteiger partial charge in [-0.05, 0) is 19.9 Å². The average molecular weight is 265 g/mol. The lowest BCUT2D eigenvalue weighted by Crippen LogP contribution is -2.10. The van der Waals surface area contributed by atoms with Crippen LogP contribution in [0, 0.1) is 0 Å². The quantitative estimate of drug-likeness (QED) is 0.859. The molecule has 0 aliphatic heterocycles. The van der Waals surface area contributed by atoms with E-state index in [2.05, 4.69) is 19.7 Å². The molecule has 7 heteroatoms. The molecule has 0 aliphatic carbocycles. The Hall–Kier alpha value is -1.89. The van der Waals surface area contributed by atoms with E-state index >= 15 is 0 Å². The predicted octanol–water partition coefficient (Wildman–Crippen LogP) is 1.91. The van der Waals surface area contributed by atoms with Crippen LogP contribution >= 0.6 is 11.5 Å². The summed E-state index contributed by atoms with van der Waals surface area (Å²) >= 11 is 1.23. The maximum absolute atomic E-state index is 5.63. The van der Waals surface area contributed by atoms with Gasteiger partial charge >= 0.3 is 0 Å². The topological polar surface area (TPSA) is 86.0 Å². The number of nitrogen functional groups attached to an aromatic ring is 1. The van der Waals surface area contributed by atoms with Gasteiger partial charge < -0.3 is 15.8 Å². The van der Waals surface area contributed by atoms with Crippen LogP contribution in [0.4, 0.5) is 11.1 Å². The number of ether oxygens (including phenoxy) is 1. The van der Waals surface area contributed by atoms with Crippen molar-refractivity contribution in [1.82, 2.24) is 14.3 Å². The molecule has 0 radical (unpaired) electrons. The molecule has 3 N–H and O–H groups in total. The second kappa shape index (κ2) is 5.63. The van der Waals surface area contributed by atoms with Gasteiger partial charge in [0.25, 0.3) is 0 Å². The molecule has 0 saturated heterocycles. The van der Waals surface area contributed by atoms with Crippen molar-refractivity contribution in [2.75, 3.05) is 11.1 Å². The average Bonchev–Trinajstić information content (AvgIpc) is 2.73. The normalized spacial score (nSPS) is 10.6. The first kappa shape index (κ1) is 12.6. The van der Waals surface area contributed by atoms with E-state index in [-0.39, 0.29) is 12.1 Å². The highest BCUT2D eigenvalue weighted by Gasteiger charge is 2.07. The Morgan fingerprint density at radius 1 is 1.50 bits per heavy atom. The predicted molar refractivity (Wildman–Crippen MR) is 71.6 cm³/mol. The fourth-order valence-electron chi connectivity index (χ4n) is 1.37. The minimum atomic E-state index is 0.0934. The van der Waals surface area contributed by atoms with Crippen LogP contribution in [-0.2, 0) is 6.54 Å². The highest BCUT2D eigenvalue weighted by Crippen LogP contribution is 2.19. The summed E-state index contributed by atoms with van der Waals surface area (Å²) in [5, 5.41) is 3.83. The summed E-state index contributed by atoms with van der Waals surface area (Å²) in [5.74, 6) is 0.921. The maximum Gasteiger partial charge on any atom is 0.233 e. The van der Waals surface area contributed by atoms with Gasteiger partial charge in [-0.25, -0.2) is 4.98 Å². The van der Waals surface area contributed by atoms with Gasteiger partial charge in [0.1, 0.15) is 0 Å². The number of hydrogen-bond donors (Lipinski definition) is 2. The summed E-state index contributed by atoms with van der Waals surface area (Å²) in [7, 11) is 0. The van der Waals surface area contributed by atoms with Crippen LogP contribution < -0.4 is 15.8 Å². The van der Waals surface area contributed by atoms with Crippen LogP contribution in [0.3, 0.4) is 0 Å². The van der Waals surface area contributed by atoms with E-state index in [4.69, 9.17) is 10.5 Å². The van der Waals surface area contributed by atoms with Gasteiger partial charge in [-0.3, -0.25) is 0 Å². The number of pyridine rings is 1. The Bertz CT molecular complexity index is 514. The highest BCUT2D eigenvalue weighted by atomic mass is 32.1. The fourth-order valence-corrected chi connectivity index (χ4v) is 1.86. The van der Waals surface area contributed by atoms with Crippen LogP contribution in [-0.4, -0.2) is 20.4 Å². The van der Waals surface area contributed by atoms with Crippen molar-refractivity contribution in [2.24, 2.45) is 0 Å². The van der Waals surface area contributed by atoms with Crippen molar-refractivity contribution in [2.45, 2.75) is 26.5 Å². The lowest BCUT2D eigenvalue weighted by atomic mass is 10.2. The van der Waals surface area contributed by atoms with E-state index in [1.807, 2.05) is 26.0 Å². The Morgan fingerprint density at radius 2 is 2.33 bits per heavy atom. The number of rotatable bonds is 5. The van der Waals surface area contributed by atoms with Gasteiger partial charge in [0.05, 0.1) is 6.10 Å². The molecule has 2 aromatic heterocycles. The van der Waals surface area contributed by atoms with Crippen molar-refractivity contribution >= 4 is 22.6 Å². The smallest absolute Gasteiger partial charge is 0.233 e. The minimum Gasteiger partial charge on any atom is -0.475 e. The first-order valence-corrected chi connectivity index (χ1v) is 6.36. The molecule has 2 rings (SSSR count). The molecule has 6 nitrogen and oxygen atoms in total. The van der Waals surface area contributed by atoms with Crippen LogP contribution in [0.2, 0.25) is 0 Å². The molecule has 0 bridgehead atoms. The van der Waals surface area contributed by atoms with Crippen LogP contribution in [0.15, 0.2) is 18.3 Å². The lowest BCUT2D eigenvalue weighted by Gasteiger charge is -2.12. The number of nitrogens with zero attached hydrogens (tertiary/aromatic N) is 3. The first-order chi connectivity index (χ1) is 8.65. The Labute approximate surface area is 109 Å². The van der Waals surface area contributed by atoms with Gasteiger partial charge in [0, 0.05) is 29.8 Å². The van der Waals surface area contributed by atoms with Gasteiger partial charge in [0.2, 0.25) is 17.0 Å². The molecule has 0 fully saturated rings. The van der Waals surface area contributed by atoms with Gasteiger partial charge in [-0.1, -0.05) is 6.07 Å². The number of nitrogens with one attached hydrogen (secondary N) is 1. The van der Waals surface area contributed by atoms with Gasteiger partial charge in [-0.2, -0.15) is 9.36 Å². The number of aromatic nitrogens is 3. The summed E-state index contributed by atoms with van der Waals surface area (Å²) in [6.45, 7) is 4.51. The SMILES string of the molecule is CC(C)Oc1ncccc1CNc1nc(N)ns1. The Balaban J connectivity index is 2.04. The largest absolute Gasteiger partial charge is 0.475 e. The van der Waals surface area contributed by atoms with E-state index in [9.17, 15) is 0 Å². The molecule has 2 aromatic rings. The summed E-state index contributed by atoms with van der Waals surface area (Å²) in [6, 6.07) is 3.83. The van der Waals surface area contributed by atoms with E-state index < -0.39 is 0 Å². The van der Waals surface area contributed by atoms with Crippen LogP contribution in [0.25, 0.3) is 0 Å². The summed E-state index contributed by atoms with van der Waals surface area (Å²) in [4.78, 5) is 8.25. The Morgan fingerprint density at radius 3 is 3.00 bits per heavy atom. The molecule has 0 saturated carbocycles. The number of anilines is 2. The van der Waals surface area contributed by atoms with E-state index in [1.165, 1.54) is 11.5 Å². The zero-order valence-corrected chi connectivity index (χ0v) is 11.1. The molecule has 0 unspecified atom stereocenters. The minimum absolute atomic E-state index is 0.0934. The van der Waals surface area contributed by atoms with Crippen molar-refractivity contribution < 1.29 is 4.74 Å². The standard InChI is InChI=1S/C11H15N5OS/c1-7(2)17-9-8(4-3-5-13-9)6-14-11-15-10(12)16-18-11/h3-5,7H,6H2,1-2H3,(H3,12,14,15,16). The molecule has 0 spiro atoms. The summed E-state index contributed by atoms with van der Waals surface area (Å²) < 4.78 is 9.53. The van der Waals surface area contributed by atoms with Crippen molar-refractivity contribution in [3.05, 3.63) is 23.9 Å². The van der Waals surface area contributed by atoms with Crippen LogP contribution in [0.5, 0.6) is 5.88 Å². The third-order valence-corrected chi connectivity index (χ3v) is 2.76. The molecular formula is C11H15N5OS. The molecule has 2 heterocycles.